The quantitative estimate of drug-likeness (QED) is 0.803. The van der Waals surface area contributed by atoms with Gasteiger partial charge in [-0.3, -0.25) is 9.36 Å². The molecule has 0 aromatic carbocycles. The fourth-order valence-corrected chi connectivity index (χ4v) is 0.998. The van der Waals surface area contributed by atoms with E-state index < -0.39 is 0 Å². The van der Waals surface area contributed by atoms with Gasteiger partial charge in [0, 0.05) is 18.9 Å². The fraction of sp³-hybridized carbons (Fsp3) is 0.375. The van der Waals surface area contributed by atoms with Crippen molar-refractivity contribution in [2.24, 2.45) is 0 Å². The molecule has 72 valence electrons. The summed E-state index contributed by atoms with van der Waals surface area (Å²) < 4.78 is 6.30. The van der Waals surface area contributed by atoms with E-state index in [0.29, 0.717) is 6.61 Å². The van der Waals surface area contributed by atoms with Gasteiger partial charge in [0.15, 0.2) is 0 Å². The molecule has 0 aliphatic rings. The van der Waals surface area contributed by atoms with E-state index in [1.54, 1.807) is 0 Å². The van der Waals surface area contributed by atoms with Crippen molar-refractivity contribution in [3.8, 4) is 5.75 Å². The summed E-state index contributed by atoms with van der Waals surface area (Å²) in [5, 5.41) is 9.20. The van der Waals surface area contributed by atoms with Gasteiger partial charge in [-0.25, -0.2) is 0 Å². The second-order valence-electron chi connectivity index (χ2n) is 2.44. The van der Waals surface area contributed by atoms with Crippen molar-refractivity contribution in [1.29, 1.82) is 0 Å². The Morgan fingerprint density at radius 2 is 2.38 bits per heavy atom. The topological polar surface area (TPSA) is 51.5 Å². The first kappa shape index (κ1) is 10.1. The highest BCUT2D eigenvalue weighted by Crippen LogP contribution is 2.18. The molecule has 13 heavy (non-hydrogen) atoms. The van der Waals surface area contributed by atoms with Crippen molar-refractivity contribution in [1.82, 2.24) is 4.57 Å². The summed E-state index contributed by atoms with van der Waals surface area (Å²) in [5.41, 5.74) is -0.338. The zero-order valence-corrected chi connectivity index (χ0v) is 7.91. The van der Waals surface area contributed by atoms with Crippen molar-refractivity contribution in [3.05, 3.63) is 27.6 Å². The maximum atomic E-state index is 11.2. The lowest BCUT2D eigenvalue weighted by molar-refractivity contribution is 0.0853. The van der Waals surface area contributed by atoms with E-state index in [4.69, 9.17) is 21.4 Å². The predicted octanol–water partition coefficient (Wildman–Crippen LogP) is 1.20. The van der Waals surface area contributed by atoms with E-state index in [2.05, 4.69) is 0 Å². The summed E-state index contributed by atoms with van der Waals surface area (Å²) in [6, 6.07) is 1.06. The summed E-state index contributed by atoms with van der Waals surface area (Å²) >= 11 is 5.60. The van der Waals surface area contributed by atoms with Crippen LogP contribution in [0.1, 0.15) is 6.92 Å². The van der Waals surface area contributed by atoms with E-state index in [9.17, 15) is 4.79 Å². The fourth-order valence-electron chi connectivity index (χ4n) is 0.826. The molecule has 0 fully saturated rings. The first-order valence-electron chi connectivity index (χ1n) is 3.82. The minimum Gasteiger partial charge on any atom is -0.506 e. The molecule has 0 saturated carbocycles. The van der Waals surface area contributed by atoms with Crippen LogP contribution < -0.4 is 5.56 Å². The van der Waals surface area contributed by atoms with Gasteiger partial charge < -0.3 is 9.84 Å². The molecule has 1 aromatic heterocycles. The van der Waals surface area contributed by atoms with Gasteiger partial charge in [0.25, 0.3) is 5.56 Å². The van der Waals surface area contributed by atoms with Crippen LogP contribution in [0.3, 0.4) is 0 Å². The van der Waals surface area contributed by atoms with Crippen LogP contribution in [0.4, 0.5) is 0 Å². The molecule has 1 heterocycles. The van der Waals surface area contributed by atoms with Crippen molar-refractivity contribution >= 4 is 11.6 Å². The molecule has 1 rings (SSSR count). The molecule has 0 amide bonds. The summed E-state index contributed by atoms with van der Waals surface area (Å²) in [5.74, 6) is -0.209. The molecular weight excluding hydrogens is 194 g/mol. The lowest BCUT2D eigenvalue weighted by atomic mass is 10.4. The smallest absolute Gasteiger partial charge is 0.256 e. The Morgan fingerprint density at radius 3 is 3.00 bits per heavy atom. The molecule has 4 nitrogen and oxygen atoms in total. The largest absolute Gasteiger partial charge is 0.506 e. The van der Waals surface area contributed by atoms with Crippen LogP contribution in [0.2, 0.25) is 5.02 Å². The van der Waals surface area contributed by atoms with Gasteiger partial charge in [0.05, 0.1) is 5.02 Å². The van der Waals surface area contributed by atoms with E-state index in [1.165, 1.54) is 10.8 Å². The Labute approximate surface area is 80.3 Å². The van der Waals surface area contributed by atoms with Gasteiger partial charge >= 0.3 is 0 Å². The zero-order valence-electron chi connectivity index (χ0n) is 7.16. The number of aromatic nitrogens is 1. The van der Waals surface area contributed by atoms with Crippen molar-refractivity contribution < 1.29 is 9.84 Å². The van der Waals surface area contributed by atoms with Gasteiger partial charge in [-0.05, 0) is 6.92 Å². The van der Waals surface area contributed by atoms with Crippen LogP contribution in [0.25, 0.3) is 0 Å². The maximum absolute atomic E-state index is 11.2. The first-order chi connectivity index (χ1) is 6.15. The molecule has 0 spiro atoms. The third-order valence-electron chi connectivity index (χ3n) is 1.49. The average Bonchev–Trinajstić information content (AvgIpc) is 2.09. The van der Waals surface area contributed by atoms with Gasteiger partial charge in [-0.2, -0.15) is 0 Å². The minimum absolute atomic E-state index is 0.138. The lowest BCUT2D eigenvalue weighted by Gasteiger charge is -2.05. The Bertz CT molecular complexity index is 348. The molecule has 0 aliphatic heterocycles. The summed E-state index contributed by atoms with van der Waals surface area (Å²) in [4.78, 5) is 11.2. The van der Waals surface area contributed by atoms with Crippen LogP contribution in [0, 0.1) is 0 Å². The molecule has 5 heteroatoms. The molecule has 1 aromatic rings. The van der Waals surface area contributed by atoms with Gasteiger partial charge in [-0.15, -0.1) is 0 Å². The monoisotopic (exact) mass is 203 g/mol. The molecule has 0 saturated heterocycles. The highest BCUT2D eigenvalue weighted by Gasteiger charge is 2.02. The Kier molecular flexibility index (Phi) is 3.33. The van der Waals surface area contributed by atoms with E-state index in [0.717, 1.165) is 6.07 Å². The highest BCUT2D eigenvalue weighted by atomic mass is 35.5. The van der Waals surface area contributed by atoms with Crippen LogP contribution in [0.15, 0.2) is 17.1 Å². The number of aromatic hydroxyl groups is 1. The van der Waals surface area contributed by atoms with Gasteiger partial charge in [0.1, 0.15) is 12.5 Å². The molecule has 0 bridgehead atoms. The van der Waals surface area contributed by atoms with Crippen LogP contribution in [-0.4, -0.2) is 16.3 Å². The van der Waals surface area contributed by atoms with E-state index in [-0.39, 0.29) is 23.1 Å². The average molecular weight is 204 g/mol. The Hall–Kier alpha value is -1.00. The zero-order chi connectivity index (χ0) is 9.84. The molecule has 0 atom stereocenters. The number of pyridine rings is 1. The van der Waals surface area contributed by atoms with Crippen LogP contribution in [0.5, 0.6) is 5.75 Å². The third kappa shape index (κ3) is 2.47. The standard InChI is InChI=1S/C8H10ClNO3/c1-2-13-5-10-4-6(9)7(11)3-8(10)12/h3-4,11H,2,5H2,1H3. The van der Waals surface area contributed by atoms with Crippen molar-refractivity contribution in [3.63, 3.8) is 0 Å². The SMILES string of the molecule is CCOCn1cc(Cl)c(O)cc1=O. The van der Waals surface area contributed by atoms with Crippen molar-refractivity contribution in [2.75, 3.05) is 6.61 Å². The summed E-state index contributed by atoms with van der Waals surface area (Å²) in [6.07, 6.45) is 1.34. The molecular formula is C8H10ClNO3. The number of hydrogen-bond acceptors (Lipinski definition) is 3. The molecule has 0 radical (unpaired) electrons. The number of rotatable bonds is 3. The van der Waals surface area contributed by atoms with Crippen molar-refractivity contribution in [2.45, 2.75) is 13.7 Å². The number of ether oxygens (including phenoxy) is 1. The molecule has 0 unspecified atom stereocenters. The number of halogens is 1. The van der Waals surface area contributed by atoms with Gasteiger partial charge in [0.2, 0.25) is 0 Å². The summed E-state index contributed by atoms with van der Waals surface area (Å²) in [6.45, 7) is 2.49. The summed E-state index contributed by atoms with van der Waals surface area (Å²) in [7, 11) is 0. The normalized spacial score (nSPS) is 10.3. The van der Waals surface area contributed by atoms with Crippen LogP contribution in [-0.2, 0) is 11.5 Å². The van der Waals surface area contributed by atoms with Gasteiger partial charge in [-0.1, -0.05) is 11.6 Å². The Balaban J connectivity index is 2.95. The first-order valence-corrected chi connectivity index (χ1v) is 4.19. The highest BCUT2D eigenvalue weighted by molar-refractivity contribution is 6.31. The van der Waals surface area contributed by atoms with Crippen LogP contribution >= 0.6 is 11.6 Å². The Morgan fingerprint density at radius 1 is 1.69 bits per heavy atom. The predicted molar refractivity (Wildman–Crippen MR) is 49.0 cm³/mol. The lowest BCUT2D eigenvalue weighted by Crippen LogP contribution is -2.19. The third-order valence-corrected chi connectivity index (χ3v) is 1.78. The minimum atomic E-state index is -0.338. The maximum Gasteiger partial charge on any atom is 0.256 e. The van der Waals surface area contributed by atoms with E-state index >= 15 is 0 Å². The second kappa shape index (κ2) is 4.30. The second-order valence-corrected chi connectivity index (χ2v) is 2.84. The molecule has 0 aliphatic carbocycles. The molecule has 1 N–H and O–H groups in total. The van der Waals surface area contributed by atoms with E-state index in [1.807, 2.05) is 6.92 Å². The number of hydrogen-bond donors (Lipinski definition) is 1. The number of nitrogens with zero attached hydrogens (tertiary/aromatic N) is 1.